The number of carbonyl (C=O) groups is 1. The Morgan fingerprint density at radius 3 is 2.47 bits per heavy atom. The molecule has 4 rings (SSSR count). The molecule has 2 fully saturated rings. The lowest BCUT2D eigenvalue weighted by molar-refractivity contribution is -0.135. The maximum atomic E-state index is 14.4. The van der Waals surface area contributed by atoms with Gasteiger partial charge in [0.05, 0.1) is 37.1 Å². The minimum absolute atomic E-state index is 0.0878. The molecule has 1 N–H and O–H groups in total. The van der Waals surface area contributed by atoms with Crippen molar-refractivity contribution in [3.05, 3.63) is 59.7 Å². The third-order valence-electron chi connectivity index (χ3n) is 5.99. The van der Waals surface area contributed by atoms with E-state index in [1.807, 2.05) is 13.0 Å². The monoisotopic (exact) mass is 464 g/mol. The summed E-state index contributed by atoms with van der Waals surface area (Å²) in [5.41, 5.74) is 1.10. The summed E-state index contributed by atoms with van der Waals surface area (Å²) in [7, 11) is -3.45. The van der Waals surface area contributed by atoms with Crippen LogP contribution in [0.25, 0.3) is 11.1 Å². The number of halogens is 2. The van der Waals surface area contributed by atoms with Crippen LogP contribution in [0.3, 0.4) is 0 Å². The molecule has 1 aliphatic heterocycles. The molecule has 1 aliphatic carbocycles. The van der Waals surface area contributed by atoms with Crippen molar-refractivity contribution in [2.75, 3.05) is 26.0 Å². The van der Waals surface area contributed by atoms with Gasteiger partial charge in [0.1, 0.15) is 11.6 Å². The molecule has 9 heteroatoms. The molecule has 1 saturated carbocycles. The Hall–Kier alpha value is -2.36. The van der Waals surface area contributed by atoms with Gasteiger partial charge in [-0.1, -0.05) is 30.3 Å². The molecular formula is C23H26F2N2O4S. The first-order valence-corrected chi connectivity index (χ1v) is 12.4. The fraction of sp³-hybridized carbons (Fsp3) is 0.435. The van der Waals surface area contributed by atoms with Crippen LogP contribution in [-0.4, -0.2) is 57.3 Å². The lowest BCUT2D eigenvalue weighted by Gasteiger charge is -2.29. The largest absolute Gasteiger partial charge is 0.378 e. The van der Waals surface area contributed by atoms with Crippen LogP contribution in [0.4, 0.5) is 8.78 Å². The highest BCUT2D eigenvalue weighted by Gasteiger charge is 2.48. The number of ether oxygens (including phenoxy) is 1. The maximum absolute atomic E-state index is 14.4. The van der Waals surface area contributed by atoms with E-state index in [1.54, 1.807) is 23.1 Å². The Bertz CT molecular complexity index is 1100. The Balaban J connectivity index is 1.56. The number of hydrogen-bond donors (Lipinski definition) is 1. The van der Waals surface area contributed by atoms with Gasteiger partial charge in [-0.2, -0.15) is 0 Å². The molecule has 1 amide bonds. The number of hydrogen-bond acceptors (Lipinski definition) is 4. The highest BCUT2D eigenvalue weighted by Crippen LogP contribution is 2.51. The summed E-state index contributed by atoms with van der Waals surface area (Å²) in [6.07, 6.45) is 1.64. The van der Waals surface area contributed by atoms with E-state index in [-0.39, 0.29) is 42.5 Å². The van der Waals surface area contributed by atoms with Crippen LogP contribution in [0.15, 0.2) is 42.5 Å². The van der Waals surface area contributed by atoms with Crippen LogP contribution >= 0.6 is 0 Å². The first-order chi connectivity index (χ1) is 15.2. The van der Waals surface area contributed by atoms with E-state index in [4.69, 9.17) is 4.74 Å². The van der Waals surface area contributed by atoms with Crippen LogP contribution in [0.1, 0.15) is 24.8 Å². The van der Waals surface area contributed by atoms with Crippen molar-refractivity contribution in [1.29, 1.82) is 0 Å². The minimum Gasteiger partial charge on any atom is -0.378 e. The third kappa shape index (κ3) is 4.84. The zero-order chi connectivity index (χ0) is 23.0. The summed E-state index contributed by atoms with van der Waals surface area (Å²) in [6, 6.07) is 10.0. The smallest absolute Gasteiger partial charge is 0.226 e. The van der Waals surface area contributed by atoms with Crippen LogP contribution < -0.4 is 4.72 Å². The molecule has 4 atom stereocenters. The Morgan fingerprint density at radius 1 is 1.09 bits per heavy atom. The predicted molar refractivity (Wildman–Crippen MR) is 116 cm³/mol. The van der Waals surface area contributed by atoms with E-state index in [2.05, 4.69) is 4.72 Å². The summed E-state index contributed by atoms with van der Waals surface area (Å²) >= 11 is 0. The van der Waals surface area contributed by atoms with Gasteiger partial charge in [0.15, 0.2) is 0 Å². The second-order valence-electron chi connectivity index (χ2n) is 8.60. The zero-order valence-electron chi connectivity index (χ0n) is 17.9. The summed E-state index contributed by atoms with van der Waals surface area (Å²) in [5.74, 6) is -1.87. The van der Waals surface area contributed by atoms with Gasteiger partial charge >= 0.3 is 0 Å². The first-order valence-electron chi connectivity index (χ1n) is 10.5. The molecule has 2 aromatic rings. The van der Waals surface area contributed by atoms with Gasteiger partial charge < -0.3 is 9.64 Å². The van der Waals surface area contributed by atoms with Crippen LogP contribution in [-0.2, 0) is 19.6 Å². The average Bonchev–Trinajstić information content (AvgIpc) is 3.52. The number of amides is 1. The standard InChI is InChI=1S/C23H26F2N2O4S/c1-14-12-31-13-15(26-32(2,29)30)11-27(14)23(28)19-10-18(19)16-6-3-4-7-17(16)22-20(24)8-5-9-21(22)25/h3-9,14-15,18-19,26H,10-13H2,1-2H3/t14-,15-,18-,19+/m0/s1. The highest BCUT2D eigenvalue weighted by molar-refractivity contribution is 7.88. The van der Waals surface area contributed by atoms with Crippen molar-refractivity contribution in [2.24, 2.45) is 5.92 Å². The SMILES string of the molecule is C[C@H]1COC[C@@H](NS(C)(=O)=O)CN1C(=O)[C@@H]1C[C@H]1c1ccccc1-c1c(F)cccc1F. The van der Waals surface area contributed by atoms with Gasteiger partial charge in [-0.05, 0) is 42.5 Å². The molecule has 0 spiro atoms. The fourth-order valence-electron chi connectivity index (χ4n) is 4.45. The Labute approximate surface area is 186 Å². The van der Waals surface area contributed by atoms with E-state index >= 15 is 0 Å². The van der Waals surface area contributed by atoms with Gasteiger partial charge in [-0.15, -0.1) is 0 Å². The van der Waals surface area contributed by atoms with E-state index in [1.165, 1.54) is 18.2 Å². The normalized spacial score (nSPS) is 25.9. The van der Waals surface area contributed by atoms with Gasteiger partial charge in [0.25, 0.3) is 0 Å². The quantitative estimate of drug-likeness (QED) is 0.739. The first kappa shape index (κ1) is 22.8. The second kappa shape index (κ2) is 8.88. The highest BCUT2D eigenvalue weighted by atomic mass is 32.2. The second-order valence-corrected chi connectivity index (χ2v) is 10.4. The van der Waals surface area contributed by atoms with E-state index in [0.717, 1.165) is 11.8 Å². The van der Waals surface area contributed by atoms with Crippen LogP contribution in [0.2, 0.25) is 0 Å². The lowest BCUT2D eigenvalue weighted by atomic mass is 9.95. The Kier molecular flexibility index (Phi) is 6.33. The lowest BCUT2D eigenvalue weighted by Crippen LogP contribution is -2.49. The number of nitrogens with zero attached hydrogens (tertiary/aromatic N) is 1. The van der Waals surface area contributed by atoms with Gasteiger partial charge in [-0.3, -0.25) is 4.79 Å². The molecule has 0 aromatic heterocycles. The topological polar surface area (TPSA) is 75.7 Å². The number of rotatable bonds is 5. The molecule has 0 unspecified atom stereocenters. The van der Waals surface area contributed by atoms with Crippen molar-refractivity contribution in [3.8, 4) is 11.1 Å². The molecular weight excluding hydrogens is 438 g/mol. The van der Waals surface area contributed by atoms with Crippen molar-refractivity contribution in [3.63, 3.8) is 0 Å². The predicted octanol–water partition coefficient (Wildman–Crippen LogP) is 2.90. The summed E-state index contributed by atoms with van der Waals surface area (Å²) in [5, 5.41) is 0. The summed E-state index contributed by atoms with van der Waals surface area (Å²) in [4.78, 5) is 15.0. The number of carbonyl (C=O) groups excluding carboxylic acids is 1. The van der Waals surface area contributed by atoms with Crippen LogP contribution in [0.5, 0.6) is 0 Å². The van der Waals surface area contributed by atoms with E-state index in [0.29, 0.717) is 18.6 Å². The number of sulfonamides is 1. The van der Waals surface area contributed by atoms with E-state index < -0.39 is 27.7 Å². The van der Waals surface area contributed by atoms with Crippen molar-refractivity contribution >= 4 is 15.9 Å². The van der Waals surface area contributed by atoms with E-state index in [9.17, 15) is 22.0 Å². The van der Waals surface area contributed by atoms with Gasteiger partial charge in [-0.25, -0.2) is 21.9 Å². The van der Waals surface area contributed by atoms with Crippen molar-refractivity contribution in [2.45, 2.75) is 31.3 Å². The minimum atomic E-state index is -3.45. The van der Waals surface area contributed by atoms with Gasteiger partial charge in [0, 0.05) is 12.5 Å². The molecule has 2 aromatic carbocycles. The molecule has 2 aliphatic rings. The van der Waals surface area contributed by atoms with Crippen LogP contribution in [0, 0.1) is 17.6 Å². The third-order valence-corrected chi connectivity index (χ3v) is 6.75. The molecule has 6 nitrogen and oxygen atoms in total. The molecule has 1 heterocycles. The molecule has 0 radical (unpaired) electrons. The molecule has 172 valence electrons. The van der Waals surface area contributed by atoms with Gasteiger partial charge in [0.2, 0.25) is 15.9 Å². The van der Waals surface area contributed by atoms with Crippen molar-refractivity contribution < 1.29 is 26.7 Å². The molecule has 1 saturated heterocycles. The Morgan fingerprint density at radius 2 is 1.78 bits per heavy atom. The average molecular weight is 465 g/mol. The molecule has 32 heavy (non-hydrogen) atoms. The fourth-order valence-corrected chi connectivity index (χ4v) is 5.20. The summed E-state index contributed by atoms with van der Waals surface area (Å²) in [6.45, 7) is 2.56. The number of benzene rings is 2. The maximum Gasteiger partial charge on any atom is 0.226 e. The van der Waals surface area contributed by atoms with Crippen molar-refractivity contribution in [1.82, 2.24) is 9.62 Å². The number of nitrogens with one attached hydrogen (secondary N) is 1. The summed E-state index contributed by atoms with van der Waals surface area (Å²) < 4.78 is 60.2. The zero-order valence-corrected chi connectivity index (χ0v) is 18.7. The molecule has 0 bridgehead atoms.